The molecule has 1 aromatic carbocycles. The number of carbonyl (C=O) groups excluding carboxylic acids is 1. The highest BCUT2D eigenvalue weighted by Gasteiger charge is 2.57. The van der Waals surface area contributed by atoms with Crippen molar-refractivity contribution in [2.45, 2.75) is 23.8 Å². The van der Waals surface area contributed by atoms with Crippen molar-refractivity contribution in [1.82, 2.24) is 5.32 Å². The van der Waals surface area contributed by atoms with Crippen molar-refractivity contribution in [3.05, 3.63) is 29.8 Å². The van der Waals surface area contributed by atoms with E-state index in [1.165, 1.54) is 17.1 Å². The number of nitrogens with one attached hydrogen (secondary N) is 2. The average molecular weight is 371 g/mol. The first-order valence-electron chi connectivity index (χ1n) is 8.12. The maximum absolute atomic E-state index is 12.5. The summed E-state index contributed by atoms with van der Waals surface area (Å²) in [6, 6.07) is 8.42. The Bertz CT molecular complexity index is 571. The maximum atomic E-state index is 12.5. The van der Waals surface area contributed by atoms with E-state index < -0.39 is 0 Å². The molecule has 1 unspecified atom stereocenters. The van der Waals surface area contributed by atoms with Crippen LogP contribution in [0.2, 0.25) is 0 Å². The molecule has 0 bridgehead atoms. The molecule has 23 heavy (non-hydrogen) atoms. The van der Waals surface area contributed by atoms with Crippen LogP contribution in [0.15, 0.2) is 24.3 Å². The lowest BCUT2D eigenvalue weighted by molar-refractivity contribution is -0.118. The number of rotatable bonds is 3. The largest absolute Gasteiger partial charge is 0.326 e. The third-order valence-electron chi connectivity index (χ3n) is 5.15. The molecule has 2 aliphatic heterocycles. The van der Waals surface area contributed by atoms with Crippen LogP contribution in [0.4, 0.5) is 5.69 Å². The molecule has 6 heteroatoms. The third kappa shape index (κ3) is 3.68. The molecule has 1 atom stereocenters. The van der Waals surface area contributed by atoms with Gasteiger partial charge in [0.15, 0.2) is 0 Å². The molecule has 126 valence electrons. The lowest BCUT2D eigenvalue weighted by Crippen LogP contribution is -2.31. The molecule has 1 saturated carbocycles. The summed E-state index contributed by atoms with van der Waals surface area (Å²) < 4.78 is 0.536. The quantitative estimate of drug-likeness (QED) is 0.846. The molecule has 3 nitrogen and oxygen atoms in total. The second-order valence-corrected chi connectivity index (χ2v) is 9.28. The van der Waals surface area contributed by atoms with Gasteiger partial charge in [-0.2, -0.15) is 0 Å². The van der Waals surface area contributed by atoms with Gasteiger partial charge >= 0.3 is 0 Å². The van der Waals surface area contributed by atoms with Crippen LogP contribution in [0.1, 0.15) is 29.4 Å². The van der Waals surface area contributed by atoms with E-state index in [1.54, 1.807) is 0 Å². The van der Waals surface area contributed by atoms with Gasteiger partial charge in [0.2, 0.25) is 5.91 Å². The summed E-state index contributed by atoms with van der Waals surface area (Å²) in [5.41, 5.74) is 2.61. The zero-order valence-electron chi connectivity index (χ0n) is 13.0. The Balaban J connectivity index is 0.00000156. The maximum Gasteiger partial charge on any atom is 0.228 e. The lowest BCUT2D eigenvalue weighted by atomic mass is 9.92. The van der Waals surface area contributed by atoms with Crippen LogP contribution < -0.4 is 10.6 Å². The van der Waals surface area contributed by atoms with Crippen LogP contribution in [0, 0.1) is 11.3 Å². The molecule has 2 saturated heterocycles. The van der Waals surface area contributed by atoms with E-state index in [0.29, 0.717) is 10.00 Å². The monoisotopic (exact) mass is 370 g/mol. The van der Waals surface area contributed by atoms with Gasteiger partial charge in [0.05, 0.1) is 4.58 Å². The van der Waals surface area contributed by atoms with E-state index in [0.717, 1.165) is 38.0 Å². The molecular weight excluding hydrogens is 348 g/mol. The standard InChI is InChI=1S/C17H22N2OS2.ClH/c20-15(14-11-17(14)4-6-18-7-5-17)19-13-3-1-2-12(10-13)16-21-8-9-22-16;/h1-3,10,14,16,18H,4-9,11H2,(H,19,20);1H. The number of amides is 1. The highest BCUT2D eigenvalue weighted by Crippen LogP contribution is 2.58. The number of piperidine rings is 1. The minimum atomic E-state index is 0. The minimum Gasteiger partial charge on any atom is -0.326 e. The van der Waals surface area contributed by atoms with Gasteiger partial charge in [-0.15, -0.1) is 35.9 Å². The highest BCUT2D eigenvalue weighted by atomic mass is 35.5. The Morgan fingerprint density at radius 1 is 1.22 bits per heavy atom. The highest BCUT2D eigenvalue weighted by molar-refractivity contribution is 8.19. The predicted molar refractivity (Wildman–Crippen MR) is 103 cm³/mol. The van der Waals surface area contributed by atoms with E-state index >= 15 is 0 Å². The van der Waals surface area contributed by atoms with Crippen LogP contribution in [0.25, 0.3) is 0 Å². The zero-order valence-corrected chi connectivity index (χ0v) is 15.5. The molecule has 1 aromatic rings. The summed E-state index contributed by atoms with van der Waals surface area (Å²) in [4.78, 5) is 12.5. The van der Waals surface area contributed by atoms with E-state index in [2.05, 4.69) is 28.8 Å². The Labute approximate surface area is 152 Å². The van der Waals surface area contributed by atoms with Crippen LogP contribution in [0.5, 0.6) is 0 Å². The number of hydrogen-bond donors (Lipinski definition) is 2. The van der Waals surface area contributed by atoms with E-state index in [4.69, 9.17) is 0 Å². The van der Waals surface area contributed by atoms with Crippen LogP contribution >= 0.6 is 35.9 Å². The predicted octanol–water partition coefficient (Wildman–Crippen LogP) is 3.92. The number of thioether (sulfide) groups is 2. The number of anilines is 1. The van der Waals surface area contributed by atoms with E-state index in [-0.39, 0.29) is 24.2 Å². The Hall–Kier alpha value is -0.360. The first kappa shape index (κ1) is 17.5. The van der Waals surface area contributed by atoms with Crippen LogP contribution in [-0.2, 0) is 4.79 Å². The lowest BCUT2D eigenvalue weighted by Gasteiger charge is -2.23. The summed E-state index contributed by atoms with van der Waals surface area (Å²) in [6.07, 6.45) is 3.38. The number of hydrogen-bond acceptors (Lipinski definition) is 4. The second-order valence-electron chi connectivity index (χ2n) is 6.56. The normalized spacial score (nSPS) is 25.8. The molecule has 1 amide bonds. The fourth-order valence-electron chi connectivity index (χ4n) is 3.74. The molecule has 4 rings (SSSR count). The molecule has 0 radical (unpaired) electrons. The number of halogens is 1. The zero-order chi connectivity index (χ0) is 15.0. The van der Waals surface area contributed by atoms with Gasteiger partial charge in [0.1, 0.15) is 0 Å². The van der Waals surface area contributed by atoms with Crippen molar-refractivity contribution in [1.29, 1.82) is 0 Å². The van der Waals surface area contributed by atoms with Crippen molar-refractivity contribution < 1.29 is 4.79 Å². The van der Waals surface area contributed by atoms with Crippen molar-refractivity contribution >= 4 is 47.5 Å². The summed E-state index contributed by atoms with van der Waals surface area (Å²) in [5.74, 6) is 2.91. The summed E-state index contributed by atoms with van der Waals surface area (Å²) in [6.45, 7) is 2.13. The minimum absolute atomic E-state index is 0. The van der Waals surface area contributed by atoms with Crippen LogP contribution in [0.3, 0.4) is 0 Å². The summed E-state index contributed by atoms with van der Waals surface area (Å²) >= 11 is 4.01. The topological polar surface area (TPSA) is 41.1 Å². The van der Waals surface area contributed by atoms with Gasteiger partial charge in [-0.1, -0.05) is 12.1 Å². The van der Waals surface area contributed by atoms with Gasteiger partial charge < -0.3 is 10.6 Å². The van der Waals surface area contributed by atoms with Crippen molar-refractivity contribution in [3.8, 4) is 0 Å². The molecule has 1 aliphatic carbocycles. The smallest absolute Gasteiger partial charge is 0.228 e. The van der Waals surface area contributed by atoms with Crippen molar-refractivity contribution in [2.75, 3.05) is 29.9 Å². The molecule has 2 N–H and O–H groups in total. The fraction of sp³-hybridized carbons (Fsp3) is 0.588. The molecule has 3 fully saturated rings. The molecule has 2 heterocycles. The van der Waals surface area contributed by atoms with E-state index in [1.807, 2.05) is 29.6 Å². The third-order valence-corrected chi connectivity index (χ3v) is 8.26. The van der Waals surface area contributed by atoms with Gasteiger partial charge in [0, 0.05) is 23.1 Å². The Morgan fingerprint density at radius 2 is 1.96 bits per heavy atom. The summed E-state index contributed by atoms with van der Waals surface area (Å²) in [7, 11) is 0. The van der Waals surface area contributed by atoms with Gasteiger partial charge in [-0.25, -0.2) is 0 Å². The number of carbonyl (C=O) groups is 1. The molecule has 0 aromatic heterocycles. The molecular formula is C17H23ClN2OS2. The van der Waals surface area contributed by atoms with Gasteiger partial charge in [0.25, 0.3) is 0 Å². The average Bonchev–Trinajstić information content (AvgIpc) is 3.00. The fourth-order valence-corrected chi connectivity index (χ4v) is 6.58. The van der Waals surface area contributed by atoms with Crippen LogP contribution in [-0.4, -0.2) is 30.5 Å². The Morgan fingerprint density at radius 3 is 2.70 bits per heavy atom. The Kier molecular flexibility index (Phi) is 5.51. The van der Waals surface area contributed by atoms with Crippen molar-refractivity contribution in [3.63, 3.8) is 0 Å². The van der Waals surface area contributed by atoms with Crippen molar-refractivity contribution in [2.24, 2.45) is 11.3 Å². The molecule has 3 aliphatic rings. The SMILES string of the molecule is Cl.O=C(Nc1cccc(C2SCCS2)c1)C1CC12CCNCC2. The molecule has 1 spiro atoms. The first-order chi connectivity index (χ1) is 10.8. The summed E-state index contributed by atoms with van der Waals surface area (Å²) in [5, 5.41) is 6.55. The first-order valence-corrected chi connectivity index (χ1v) is 10.2. The van der Waals surface area contributed by atoms with E-state index in [9.17, 15) is 4.79 Å². The van der Waals surface area contributed by atoms with Gasteiger partial charge in [-0.3, -0.25) is 4.79 Å². The van der Waals surface area contributed by atoms with Gasteiger partial charge in [-0.05, 0) is 55.5 Å². The number of benzene rings is 1. The second kappa shape index (κ2) is 7.26.